The second-order valence-electron chi connectivity index (χ2n) is 8.67. The van der Waals surface area contributed by atoms with Gasteiger partial charge in [0.2, 0.25) is 0 Å². The highest BCUT2D eigenvalue weighted by Crippen LogP contribution is 2.66. The van der Waals surface area contributed by atoms with E-state index in [1.165, 1.54) is 31.4 Å². The molecular weight excluding hydrogens is 278 g/mol. The van der Waals surface area contributed by atoms with Gasteiger partial charge in [0.1, 0.15) is 5.69 Å². The average molecular weight is 301 g/mol. The molecule has 4 saturated carbocycles. The molecule has 4 aliphatic rings. The number of carbonyl (C=O) groups is 1. The van der Waals surface area contributed by atoms with E-state index in [0.717, 1.165) is 25.2 Å². The van der Waals surface area contributed by atoms with Gasteiger partial charge >= 0.3 is 0 Å². The van der Waals surface area contributed by atoms with Gasteiger partial charge in [-0.3, -0.25) is 9.59 Å². The summed E-state index contributed by atoms with van der Waals surface area (Å²) in [6.45, 7) is 4.77. The lowest BCUT2D eigenvalue weighted by Crippen LogP contribution is -2.65. The Morgan fingerprint density at radius 3 is 2.41 bits per heavy atom. The lowest BCUT2D eigenvalue weighted by Gasteiger charge is -2.65. The molecule has 22 heavy (non-hydrogen) atoms. The van der Waals surface area contributed by atoms with Crippen LogP contribution < -0.4 is 10.9 Å². The molecule has 0 radical (unpaired) electrons. The summed E-state index contributed by atoms with van der Waals surface area (Å²) in [4.78, 5) is 23.6. The first-order valence-electron chi connectivity index (χ1n) is 8.17. The highest BCUT2D eigenvalue weighted by atomic mass is 16.2. The SMILES string of the molecule is C[C@]12CC3CC(NC(=O)c4ccc(=O)[nH]n4)(C1)C[C@@](C)(C3)C2. The van der Waals surface area contributed by atoms with Crippen molar-refractivity contribution in [2.45, 2.75) is 57.9 Å². The van der Waals surface area contributed by atoms with Crippen LogP contribution in [0.5, 0.6) is 0 Å². The van der Waals surface area contributed by atoms with E-state index in [-0.39, 0.29) is 17.0 Å². The summed E-state index contributed by atoms with van der Waals surface area (Å²) in [5.41, 5.74) is 0.648. The second-order valence-corrected chi connectivity index (χ2v) is 8.67. The third-order valence-electron chi connectivity index (χ3n) is 5.92. The van der Waals surface area contributed by atoms with Crippen molar-refractivity contribution in [3.05, 3.63) is 28.2 Å². The van der Waals surface area contributed by atoms with Crippen LogP contribution >= 0.6 is 0 Å². The lowest BCUT2D eigenvalue weighted by atomic mass is 9.43. The van der Waals surface area contributed by atoms with Crippen LogP contribution in [0.2, 0.25) is 0 Å². The minimum Gasteiger partial charge on any atom is -0.345 e. The molecule has 4 bridgehead atoms. The third kappa shape index (κ3) is 2.18. The summed E-state index contributed by atoms with van der Waals surface area (Å²) < 4.78 is 0. The van der Waals surface area contributed by atoms with Gasteiger partial charge in [0.25, 0.3) is 11.5 Å². The smallest absolute Gasteiger partial charge is 0.272 e. The van der Waals surface area contributed by atoms with Gasteiger partial charge < -0.3 is 5.32 Å². The number of aromatic nitrogens is 2. The Bertz CT molecular complexity index is 657. The molecule has 4 atom stereocenters. The van der Waals surface area contributed by atoms with Gasteiger partial charge in [0.15, 0.2) is 0 Å². The number of nitrogens with one attached hydrogen (secondary N) is 2. The van der Waals surface area contributed by atoms with Gasteiger partial charge in [0.05, 0.1) is 0 Å². The van der Waals surface area contributed by atoms with Gasteiger partial charge in [0, 0.05) is 11.6 Å². The van der Waals surface area contributed by atoms with Crippen LogP contribution in [0, 0.1) is 16.7 Å². The van der Waals surface area contributed by atoms with Crippen LogP contribution in [0.15, 0.2) is 16.9 Å². The fraction of sp³-hybridized carbons (Fsp3) is 0.706. The molecule has 1 heterocycles. The number of hydrogen-bond donors (Lipinski definition) is 2. The van der Waals surface area contributed by atoms with Crippen LogP contribution in [0.3, 0.4) is 0 Å². The number of H-pyrrole nitrogens is 1. The molecular formula is C17H23N3O2. The van der Waals surface area contributed by atoms with Gasteiger partial charge in [-0.2, -0.15) is 5.10 Å². The summed E-state index contributed by atoms with van der Waals surface area (Å²) in [5.74, 6) is 0.570. The van der Waals surface area contributed by atoms with Crippen LogP contribution in [0.4, 0.5) is 0 Å². The Morgan fingerprint density at radius 1 is 1.18 bits per heavy atom. The van der Waals surface area contributed by atoms with Crippen molar-refractivity contribution >= 4 is 5.91 Å². The largest absolute Gasteiger partial charge is 0.345 e. The van der Waals surface area contributed by atoms with Crippen LogP contribution in [0.1, 0.15) is 62.9 Å². The molecule has 0 spiro atoms. The lowest BCUT2D eigenvalue weighted by molar-refractivity contribution is -0.114. The maximum absolute atomic E-state index is 12.6. The van der Waals surface area contributed by atoms with Crippen LogP contribution in [0.25, 0.3) is 0 Å². The highest BCUT2D eigenvalue weighted by Gasteiger charge is 2.60. The zero-order valence-corrected chi connectivity index (χ0v) is 13.2. The van der Waals surface area contributed by atoms with Gasteiger partial charge in [-0.1, -0.05) is 13.8 Å². The number of aromatic amines is 1. The van der Waals surface area contributed by atoms with E-state index < -0.39 is 0 Å². The van der Waals surface area contributed by atoms with Gasteiger partial charge in [-0.15, -0.1) is 0 Å². The number of rotatable bonds is 2. The molecule has 0 aromatic carbocycles. The fourth-order valence-corrected chi connectivity index (χ4v) is 6.36. The van der Waals surface area contributed by atoms with E-state index in [4.69, 9.17) is 0 Å². The molecule has 2 unspecified atom stereocenters. The van der Waals surface area contributed by atoms with Crippen molar-refractivity contribution in [1.82, 2.24) is 15.5 Å². The topological polar surface area (TPSA) is 74.8 Å². The number of hydrogen-bond acceptors (Lipinski definition) is 3. The molecule has 118 valence electrons. The molecule has 1 amide bonds. The summed E-state index contributed by atoms with van der Waals surface area (Å²) in [5, 5.41) is 9.49. The first-order valence-corrected chi connectivity index (χ1v) is 8.17. The summed E-state index contributed by atoms with van der Waals surface area (Å²) in [6.07, 6.45) is 7.12. The number of nitrogens with zero attached hydrogens (tertiary/aromatic N) is 1. The van der Waals surface area contributed by atoms with E-state index >= 15 is 0 Å². The van der Waals surface area contributed by atoms with Crippen molar-refractivity contribution in [3.63, 3.8) is 0 Å². The Kier molecular flexibility index (Phi) is 2.67. The summed E-state index contributed by atoms with van der Waals surface area (Å²) in [7, 11) is 0. The molecule has 0 aliphatic heterocycles. The van der Waals surface area contributed by atoms with Crippen molar-refractivity contribution in [2.24, 2.45) is 16.7 Å². The normalized spacial score (nSPS) is 42.4. The Hall–Kier alpha value is -1.65. The number of carbonyl (C=O) groups excluding carboxylic acids is 1. The maximum atomic E-state index is 12.6. The molecule has 5 heteroatoms. The minimum absolute atomic E-state index is 0.0855. The van der Waals surface area contributed by atoms with E-state index in [2.05, 4.69) is 29.4 Å². The molecule has 5 rings (SSSR count). The van der Waals surface area contributed by atoms with E-state index in [9.17, 15) is 9.59 Å². The zero-order valence-electron chi connectivity index (χ0n) is 13.2. The minimum atomic E-state index is -0.286. The van der Waals surface area contributed by atoms with Gasteiger partial charge in [-0.25, -0.2) is 5.10 Å². The van der Waals surface area contributed by atoms with E-state index in [1.807, 2.05) is 0 Å². The molecule has 0 saturated heterocycles. The number of amides is 1. The molecule has 1 aromatic heterocycles. The Balaban J connectivity index is 1.61. The van der Waals surface area contributed by atoms with E-state index in [0.29, 0.717) is 16.5 Å². The van der Waals surface area contributed by atoms with Crippen molar-refractivity contribution in [2.75, 3.05) is 0 Å². The summed E-state index contributed by atoms with van der Waals surface area (Å²) >= 11 is 0. The zero-order chi connectivity index (χ0) is 15.6. The highest BCUT2D eigenvalue weighted by molar-refractivity contribution is 5.92. The average Bonchev–Trinajstić information content (AvgIpc) is 2.34. The van der Waals surface area contributed by atoms with E-state index in [1.54, 1.807) is 0 Å². The Labute approximate surface area is 129 Å². The first-order chi connectivity index (χ1) is 10.3. The monoisotopic (exact) mass is 301 g/mol. The fourth-order valence-electron chi connectivity index (χ4n) is 6.36. The molecule has 1 aromatic rings. The summed E-state index contributed by atoms with van der Waals surface area (Å²) in [6, 6.07) is 2.85. The molecule has 2 N–H and O–H groups in total. The van der Waals surface area contributed by atoms with Crippen LogP contribution in [-0.2, 0) is 0 Å². The van der Waals surface area contributed by atoms with Crippen molar-refractivity contribution < 1.29 is 4.79 Å². The molecule has 4 fully saturated rings. The predicted molar refractivity (Wildman–Crippen MR) is 82.5 cm³/mol. The first kappa shape index (κ1) is 14.0. The molecule has 4 aliphatic carbocycles. The van der Waals surface area contributed by atoms with Crippen LogP contribution in [-0.4, -0.2) is 21.6 Å². The standard InChI is InChI=1S/C17H23N3O2/c1-15-5-11-6-16(2,8-15)10-17(7-11,9-15)18-14(22)12-3-4-13(21)20-19-12/h3-4,11H,5-10H2,1-2H3,(H,18,22)(H,20,21)/t11?,15-,16+,17?. The third-order valence-corrected chi connectivity index (χ3v) is 5.92. The Morgan fingerprint density at radius 2 is 1.86 bits per heavy atom. The quantitative estimate of drug-likeness (QED) is 0.879. The predicted octanol–water partition coefficient (Wildman–Crippen LogP) is 2.25. The van der Waals surface area contributed by atoms with Crippen molar-refractivity contribution in [3.8, 4) is 0 Å². The van der Waals surface area contributed by atoms with Gasteiger partial charge in [-0.05, 0) is 61.3 Å². The maximum Gasteiger partial charge on any atom is 0.272 e. The second kappa shape index (κ2) is 4.21. The molecule has 5 nitrogen and oxygen atoms in total. The van der Waals surface area contributed by atoms with Crippen molar-refractivity contribution in [1.29, 1.82) is 0 Å².